The van der Waals surface area contributed by atoms with E-state index in [0.717, 1.165) is 23.8 Å². The molecule has 0 amide bonds. The number of benzene rings is 1. The van der Waals surface area contributed by atoms with Gasteiger partial charge in [-0.1, -0.05) is 25.0 Å². The monoisotopic (exact) mass is 457 g/mol. The highest BCUT2D eigenvalue weighted by Gasteiger charge is 2.28. The first-order chi connectivity index (χ1) is 16.2. The average Bonchev–Trinajstić information content (AvgIpc) is 3.34. The highest BCUT2D eigenvalue weighted by Crippen LogP contribution is 2.42. The van der Waals surface area contributed by atoms with E-state index in [2.05, 4.69) is 17.0 Å². The summed E-state index contributed by atoms with van der Waals surface area (Å²) in [4.78, 5) is 15.1. The molecule has 0 aromatic heterocycles. The van der Waals surface area contributed by atoms with Crippen LogP contribution in [0.1, 0.15) is 69.3 Å². The van der Waals surface area contributed by atoms with E-state index in [1.807, 2.05) is 6.07 Å². The summed E-state index contributed by atoms with van der Waals surface area (Å²) in [6, 6.07) is 6.32. The Labute approximate surface area is 197 Å². The smallest absolute Gasteiger partial charge is 0.231 e. The van der Waals surface area contributed by atoms with Gasteiger partial charge in [0.1, 0.15) is 5.78 Å². The van der Waals surface area contributed by atoms with Crippen LogP contribution >= 0.6 is 0 Å². The SMILES string of the molecule is O=C(CC1CCC(CCN2CCC(c3cccc4c3OCO4)CC2)CC1)CC1COCCO1. The van der Waals surface area contributed by atoms with Crippen LogP contribution in [0.2, 0.25) is 0 Å². The molecule has 0 N–H and O–H groups in total. The van der Waals surface area contributed by atoms with Crippen LogP contribution in [0.5, 0.6) is 11.5 Å². The topological polar surface area (TPSA) is 57.2 Å². The van der Waals surface area contributed by atoms with Gasteiger partial charge in [0.15, 0.2) is 11.5 Å². The van der Waals surface area contributed by atoms with Gasteiger partial charge in [-0.25, -0.2) is 0 Å². The summed E-state index contributed by atoms with van der Waals surface area (Å²) < 4.78 is 22.3. The van der Waals surface area contributed by atoms with E-state index in [-0.39, 0.29) is 6.10 Å². The molecule has 1 aromatic carbocycles. The van der Waals surface area contributed by atoms with Gasteiger partial charge in [-0.2, -0.15) is 0 Å². The molecule has 5 rings (SSSR count). The summed E-state index contributed by atoms with van der Waals surface area (Å²) in [7, 11) is 0. The van der Waals surface area contributed by atoms with Crippen molar-refractivity contribution in [1.82, 2.24) is 4.90 Å². The molecule has 3 heterocycles. The Bertz CT molecular complexity index is 777. The fraction of sp³-hybridized carbons (Fsp3) is 0.741. The van der Waals surface area contributed by atoms with Crippen molar-refractivity contribution in [1.29, 1.82) is 0 Å². The number of fused-ring (bicyclic) bond motifs is 1. The minimum atomic E-state index is -0.0182. The normalized spacial score (nSPS) is 28.7. The van der Waals surface area contributed by atoms with Crippen molar-refractivity contribution in [3.05, 3.63) is 23.8 Å². The van der Waals surface area contributed by atoms with E-state index in [9.17, 15) is 4.79 Å². The fourth-order valence-electron chi connectivity index (χ4n) is 6.14. The molecule has 1 atom stereocenters. The number of ether oxygens (including phenoxy) is 4. The zero-order valence-corrected chi connectivity index (χ0v) is 19.8. The van der Waals surface area contributed by atoms with Crippen LogP contribution in [0.3, 0.4) is 0 Å². The molecule has 3 fully saturated rings. The summed E-state index contributed by atoms with van der Waals surface area (Å²) in [5, 5.41) is 0. The van der Waals surface area contributed by atoms with Crippen molar-refractivity contribution in [2.24, 2.45) is 11.8 Å². The van der Waals surface area contributed by atoms with Crippen LogP contribution in [0, 0.1) is 11.8 Å². The third-order valence-corrected chi connectivity index (χ3v) is 8.13. The maximum absolute atomic E-state index is 12.4. The molecular weight excluding hydrogens is 418 g/mol. The number of carbonyl (C=O) groups excluding carboxylic acids is 1. The van der Waals surface area contributed by atoms with Crippen LogP contribution in [-0.4, -0.2) is 63.0 Å². The quantitative estimate of drug-likeness (QED) is 0.571. The lowest BCUT2D eigenvalue weighted by Crippen LogP contribution is -2.35. The van der Waals surface area contributed by atoms with Crippen molar-refractivity contribution in [3.8, 4) is 11.5 Å². The third-order valence-electron chi connectivity index (χ3n) is 8.13. The molecule has 0 spiro atoms. The van der Waals surface area contributed by atoms with Crippen LogP contribution in [0.15, 0.2) is 18.2 Å². The number of piperidine rings is 1. The molecule has 6 heteroatoms. The van der Waals surface area contributed by atoms with E-state index in [1.54, 1.807) is 0 Å². The van der Waals surface area contributed by atoms with Gasteiger partial charge in [-0.05, 0) is 75.6 Å². The average molecular weight is 458 g/mol. The summed E-state index contributed by atoms with van der Waals surface area (Å²) in [5.41, 5.74) is 1.33. The fourth-order valence-corrected chi connectivity index (χ4v) is 6.14. The predicted octanol–water partition coefficient (Wildman–Crippen LogP) is 4.56. The van der Waals surface area contributed by atoms with Gasteiger partial charge >= 0.3 is 0 Å². The summed E-state index contributed by atoms with van der Waals surface area (Å²) in [5.74, 6) is 4.23. The lowest BCUT2D eigenvalue weighted by Gasteiger charge is -2.34. The highest BCUT2D eigenvalue weighted by molar-refractivity contribution is 5.79. The van der Waals surface area contributed by atoms with Crippen molar-refractivity contribution >= 4 is 5.78 Å². The zero-order chi connectivity index (χ0) is 22.5. The van der Waals surface area contributed by atoms with E-state index in [4.69, 9.17) is 18.9 Å². The first-order valence-corrected chi connectivity index (χ1v) is 13.1. The van der Waals surface area contributed by atoms with Crippen LogP contribution in [-0.2, 0) is 14.3 Å². The molecule has 182 valence electrons. The number of nitrogens with zero attached hydrogens (tertiary/aromatic N) is 1. The van der Waals surface area contributed by atoms with Crippen LogP contribution < -0.4 is 9.47 Å². The van der Waals surface area contributed by atoms with Gasteiger partial charge in [-0.15, -0.1) is 0 Å². The summed E-state index contributed by atoms with van der Waals surface area (Å²) >= 11 is 0. The highest BCUT2D eigenvalue weighted by atomic mass is 16.7. The van der Waals surface area contributed by atoms with E-state index in [0.29, 0.717) is 50.7 Å². The number of likely N-dealkylation sites (tertiary alicyclic amines) is 1. The van der Waals surface area contributed by atoms with Gasteiger partial charge in [0, 0.05) is 18.4 Å². The molecule has 2 saturated heterocycles. The van der Waals surface area contributed by atoms with Crippen LogP contribution in [0.25, 0.3) is 0 Å². The minimum absolute atomic E-state index is 0.0182. The Kier molecular flexibility index (Phi) is 7.85. The van der Waals surface area contributed by atoms with E-state index >= 15 is 0 Å². The molecule has 0 bridgehead atoms. The third kappa shape index (κ3) is 6.09. The molecule has 3 aliphatic heterocycles. The molecule has 0 radical (unpaired) electrons. The maximum atomic E-state index is 12.4. The standard InChI is InChI=1S/C27H39NO5/c29-23(17-24-18-30-14-15-31-24)16-21-6-4-20(5-7-21)8-11-28-12-9-22(10-13-28)25-2-1-3-26-27(25)33-19-32-26/h1-3,20-22,24H,4-19H2. The second-order valence-corrected chi connectivity index (χ2v) is 10.4. The number of Topliss-reactive ketones (excluding diaryl/α,β-unsaturated/α-hetero) is 1. The number of rotatable bonds is 8. The Morgan fingerprint density at radius 1 is 0.939 bits per heavy atom. The maximum Gasteiger partial charge on any atom is 0.231 e. The van der Waals surface area contributed by atoms with E-state index in [1.165, 1.54) is 70.1 Å². The molecule has 1 aliphatic carbocycles. The Hall–Kier alpha value is -1.63. The minimum Gasteiger partial charge on any atom is -0.454 e. The lowest BCUT2D eigenvalue weighted by molar-refractivity contribution is -0.130. The van der Waals surface area contributed by atoms with Crippen molar-refractivity contribution in [2.75, 3.05) is 46.2 Å². The zero-order valence-electron chi connectivity index (χ0n) is 19.8. The number of hydrogen-bond donors (Lipinski definition) is 0. The largest absolute Gasteiger partial charge is 0.454 e. The van der Waals surface area contributed by atoms with Gasteiger partial charge in [0.25, 0.3) is 0 Å². The Morgan fingerprint density at radius 3 is 2.55 bits per heavy atom. The van der Waals surface area contributed by atoms with Gasteiger partial charge in [0.05, 0.1) is 25.9 Å². The number of para-hydroxylation sites is 1. The molecule has 4 aliphatic rings. The number of hydrogen-bond acceptors (Lipinski definition) is 6. The summed E-state index contributed by atoms with van der Waals surface area (Å²) in [6.07, 6.45) is 9.93. The van der Waals surface area contributed by atoms with Gasteiger partial charge < -0.3 is 23.8 Å². The molecule has 6 nitrogen and oxygen atoms in total. The first-order valence-electron chi connectivity index (χ1n) is 13.1. The van der Waals surface area contributed by atoms with Gasteiger partial charge in [-0.3, -0.25) is 4.79 Å². The van der Waals surface area contributed by atoms with Crippen molar-refractivity contribution in [2.45, 2.75) is 69.8 Å². The van der Waals surface area contributed by atoms with Gasteiger partial charge in [0.2, 0.25) is 6.79 Å². The predicted molar refractivity (Wildman–Crippen MR) is 126 cm³/mol. The second kappa shape index (κ2) is 11.2. The van der Waals surface area contributed by atoms with Crippen LogP contribution in [0.4, 0.5) is 0 Å². The molecule has 1 unspecified atom stereocenters. The Morgan fingerprint density at radius 2 is 1.76 bits per heavy atom. The van der Waals surface area contributed by atoms with Crippen molar-refractivity contribution < 1.29 is 23.7 Å². The Balaban J connectivity index is 0.980. The van der Waals surface area contributed by atoms with E-state index < -0.39 is 0 Å². The number of carbonyl (C=O) groups is 1. The van der Waals surface area contributed by atoms with Crippen molar-refractivity contribution in [3.63, 3.8) is 0 Å². The molecule has 1 saturated carbocycles. The molecule has 1 aromatic rings. The molecular formula is C27H39NO5. The second-order valence-electron chi connectivity index (χ2n) is 10.4. The number of ketones is 1. The molecule has 33 heavy (non-hydrogen) atoms. The summed E-state index contributed by atoms with van der Waals surface area (Å²) in [6.45, 7) is 5.77. The first kappa shape index (κ1) is 23.1. The lowest BCUT2D eigenvalue weighted by atomic mass is 9.78.